The summed E-state index contributed by atoms with van der Waals surface area (Å²) >= 11 is 0. The quantitative estimate of drug-likeness (QED) is 0.423. The van der Waals surface area contributed by atoms with Gasteiger partial charge in [-0.05, 0) is 24.6 Å². The van der Waals surface area contributed by atoms with Crippen LogP contribution in [0.15, 0.2) is 24.3 Å². The number of rotatable bonds is 7. The molecule has 6 nitrogen and oxygen atoms in total. The van der Waals surface area contributed by atoms with Crippen molar-refractivity contribution in [2.45, 2.75) is 25.0 Å². The molecule has 23 heavy (non-hydrogen) atoms. The first kappa shape index (κ1) is 19.2. The standard InChI is InChI=1S/C13H15F3O6S/c1-3-21-12(17)11(20-2)8-9-4-6-10(7-5-9)22-23(18,19)13(14,15)16/h4-7,11H,3,8H2,1-2H3/t11-/m0/s1. The molecule has 0 N–H and O–H groups in total. The van der Waals surface area contributed by atoms with E-state index in [9.17, 15) is 26.4 Å². The number of halogens is 3. The van der Waals surface area contributed by atoms with Crippen molar-refractivity contribution >= 4 is 16.1 Å². The Morgan fingerprint density at radius 3 is 2.22 bits per heavy atom. The summed E-state index contributed by atoms with van der Waals surface area (Å²) in [6, 6.07) is 4.76. The highest BCUT2D eigenvalue weighted by atomic mass is 32.2. The van der Waals surface area contributed by atoms with Gasteiger partial charge in [0.1, 0.15) is 5.75 Å². The van der Waals surface area contributed by atoms with Gasteiger partial charge in [0.15, 0.2) is 6.10 Å². The zero-order valence-corrected chi connectivity index (χ0v) is 13.1. The minimum absolute atomic E-state index is 0.113. The maximum absolute atomic E-state index is 12.2. The summed E-state index contributed by atoms with van der Waals surface area (Å²) in [5, 5.41) is 0. The Labute approximate surface area is 131 Å². The van der Waals surface area contributed by atoms with Crippen LogP contribution in [0.5, 0.6) is 5.75 Å². The highest BCUT2D eigenvalue weighted by Crippen LogP contribution is 2.27. The van der Waals surface area contributed by atoms with E-state index in [-0.39, 0.29) is 13.0 Å². The largest absolute Gasteiger partial charge is 0.534 e. The molecular weight excluding hydrogens is 341 g/mol. The first-order valence-electron chi connectivity index (χ1n) is 6.40. The van der Waals surface area contributed by atoms with Crippen molar-refractivity contribution in [1.82, 2.24) is 0 Å². The van der Waals surface area contributed by atoms with E-state index in [1.807, 2.05) is 0 Å². The van der Waals surface area contributed by atoms with Crippen molar-refractivity contribution in [1.29, 1.82) is 0 Å². The van der Waals surface area contributed by atoms with Crippen LogP contribution in [-0.4, -0.2) is 39.7 Å². The van der Waals surface area contributed by atoms with E-state index in [2.05, 4.69) is 4.18 Å². The summed E-state index contributed by atoms with van der Waals surface area (Å²) in [6.45, 7) is 1.82. The molecule has 0 bridgehead atoms. The number of carbonyl (C=O) groups excluding carboxylic acids is 1. The molecule has 1 rings (SSSR count). The van der Waals surface area contributed by atoms with Crippen LogP contribution >= 0.6 is 0 Å². The Hall–Kier alpha value is -1.81. The molecule has 1 aromatic rings. The molecule has 0 radical (unpaired) electrons. The number of hydrogen-bond donors (Lipinski definition) is 0. The van der Waals surface area contributed by atoms with Gasteiger partial charge in [-0.15, -0.1) is 0 Å². The van der Waals surface area contributed by atoms with E-state index < -0.39 is 33.4 Å². The van der Waals surface area contributed by atoms with Gasteiger partial charge in [0.25, 0.3) is 0 Å². The summed E-state index contributed by atoms with van der Waals surface area (Å²) in [6.07, 6.45) is -0.762. The van der Waals surface area contributed by atoms with Crippen molar-refractivity contribution in [3.05, 3.63) is 29.8 Å². The predicted octanol–water partition coefficient (Wildman–Crippen LogP) is 2.04. The average Bonchev–Trinajstić information content (AvgIpc) is 2.45. The zero-order chi connectivity index (χ0) is 17.7. The fourth-order valence-electron chi connectivity index (χ4n) is 1.57. The van der Waals surface area contributed by atoms with Crippen molar-refractivity contribution in [2.24, 2.45) is 0 Å². The van der Waals surface area contributed by atoms with Gasteiger partial charge in [-0.1, -0.05) is 12.1 Å². The Kier molecular flexibility index (Phi) is 6.39. The van der Waals surface area contributed by atoms with Crippen molar-refractivity contribution in [3.63, 3.8) is 0 Å². The van der Waals surface area contributed by atoms with Gasteiger partial charge < -0.3 is 13.7 Å². The molecule has 0 aliphatic carbocycles. The number of ether oxygens (including phenoxy) is 2. The van der Waals surface area contributed by atoms with E-state index in [1.165, 1.54) is 19.2 Å². The number of carbonyl (C=O) groups is 1. The second-order valence-electron chi connectivity index (χ2n) is 4.31. The molecular formula is C13H15F3O6S. The van der Waals surface area contributed by atoms with Crippen LogP contribution in [0, 0.1) is 0 Å². The number of alkyl halides is 3. The second kappa shape index (κ2) is 7.64. The Morgan fingerprint density at radius 1 is 1.22 bits per heavy atom. The third-order valence-corrected chi connectivity index (χ3v) is 3.65. The smallest absolute Gasteiger partial charge is 0.464 e. The number of hydrogen-bond acceptors (Lipinski definition) is 6. The van der Waals surface area contributed by atoms with Crippen LogP contribution in [0.1, 0.15) is 12.5 Å². The van der Waals surface area contributed by atoms with Crippen LogP contribution < -0.4 is 4.18 Å². The lowest BCUT2D eigenvalue weighted by molar-refractivity contribution is -0.154. The molecule has 0 spiro atoms. The zero-order valence-electron chi connectivity index (χ0n) is 12.3. The molecule has 1 atom stereocenters. The van der Waals surface area contributed by atoms with Crippen molar-refractivity contribution in [2.75, 3.05) is 13.7 Å². The minimum Gasteiger partial charge on any atom is -0.464 e. The van der Waals surface area contributed by atoms with Crippen LogP contribution in [0.3, 0.4) is 0 Å². The molecule has 0 aliphatic rings. The number of benzene rings is 1. The minimum atomic E-state index is -5.71. The first-order valence-corrected chi connectivity index (χ1v) is 7.80. The maximum Gasteiger partial charge on any atom is 0.534 e. The van der Waals surface area contributed by atoms with E-state index in [1.54, 1.807) is 6.92 Å². The summed E-state index contributed by atoms with van der Waals surface area (Å²) < 4.78 is 72.1. The summed E-state index contributed by atoms with van der Waals surface area (Å²) in [5.41, 5.74) is -4.97. The van der Waals surface area contributed by atoms with E-state index in [0.717, 1.165) is 12.1 Å². The monoisotopic (exact) mass is 356 g/mol. The average molecular weight is 356 g/mol. The van der Waals surface area contributed by atoms with Gasteiger partial charge in [0.2, 0.25) is 0 Å². The number of methoxy groups -OCH3 is 1. The highest BCUT2D eigenvalue weighted by molar-refractivity contribution is 7.87. The Morgan fingerprint density at radius 2 is 1.78 bits per heavy atom. The number of esters is 1. The Bertz CT molecular complexity index is 624. The molecule has 0 unspecified atom stereocenters. The fraction of sp³-hybridized carbons (Fsp3) is 0.462. The Balaban J connectivity index is 2.79. The fourth-order valence-corrected chi connectivity index (χ4v) is 2.03. The molecule has 0 aromatic heterocycles. The maximum atomic E-state index is 12.2. The third kappa shape index (κ3) is 5.39. The molecule has 0 fully saturated rings. The topological polar surface area (TPSA) is 78.9 Å². The lowest BCUT2D eigenvalue weighted by atomic mass is 10.1. The summed E-state index contributed by atoms with van der Waals surface area (Å²) in [5.74, 6) is -1.06. The second-order valence-corrected chi connectivity index (χ2v) is 5.85. The molecule has 0 saturated heterocycles. The third-order valence-electron chi connectivity index (χ3n) is 2.67. The molecule has 0 saturated carbocycles. The molecule has 0 heterocycles. The summed E-state index contributed by atoms with van der Waals surface area (Å²) in [7, 11) is -4.40. The van der Waals surface area contributed by atoms with Crippen LogP contribution in [0.2, 0.25) is 0 Å². The normalized spacial score (nSPS) is 13.4. The first-order chi connectivity index (χ1) is 10.6. The van der Waals surface area contributed by atoms with Crippen LogP contribution in [0.4, 0.5) is 13.2 Å². The van der Waals surface area contributed by atoms with Gasteiger partial charge in [-0.3, -0.25) is 0 Å². The van der Waals surface area contributed by atoms with Gasteiger partial charge in [0, 0.05) is 13.5 Å². The van der Waals surface area contributed by atoms with E-state index >= 15 is 0 Å². The van der Waals surface area contributed by atoms with Gasteiger partial charge in [-0.2, -0.15) is 21.6 Å². The molecule has 1 aromatic carbocycles. The van der Waals surface area contributed by atoms with Gasteiger partial charge in [0.05, 0.1) is 6.61 Å². The van der Waals surface area contributed by atoms with Crippen molar-refractivity contribution in [3.8, 4) is 5.75 Å². The molecule has 0 amide bonds. The van der Waals surface area contributed by atoms with E-state index in [4.69, 9.17) is 9.47 Å². The molecule has 10 heteroatoms. The summed E-state index contributed by atoms with van der Waals surface area (Å²) in [4.78, 5) is 11.6. The van der Waals surface area contributed by atoms with Gasteiger partial charge >= 0.3 is 21.6 Å². The predicted molar refractivity (Wildman–Crippen MR) is 73.2 cm³/mol. The lowest BCUT2D eigenvalue weighted by Crippen LogP contribution is -2.28. The highest BCUT2D eigenvalue weighted by Gasteiger charge is 2.48. The van der Waals surface area contributed by atoms with Crippen molar-refractivity contribution < 1.29 is 40.0 Å². The van der Waals surface area contributed by atoms with E-state index in [0.29, 0.717) is 5.56 Å². The molecule has 0 aliphatic heterocycles. The van der Waals surface area contributed by atoms with Gasteiger partial charge in [-0.25, -0.2) is 4.79 Å². The van der Waals surface area contributed by atoms with Crippen LogP contribution in [-0.2, 0) is 30.8 Å². The van der Waals surface area contributed by atoms with Crippen LogP contribution in [0.25, 0.3) is 0 Å². The lowest BCUT2D eigenvalue weighted by Gasteiger charge is -2.14. The SMILES string of the molecule is CCOC(=O)[C@H](Cc1ccc(OS(=O)(=O)C(F)(F)F)cc1)OC. The molecule has 130 valence electrons.